The summed E-state index contributed by atoms with van der Waals surface area (Å²) >= 11 is 1.76. The highest BCUT2D eigenvalue weighted by Gasteiger charge is 2.36. The standard InChI is InChI=1S/C17H20N6S/c1-2-22-14-7-8-18-9-13(14)19-17(22)24-10-15-20-21-16(11-3-4-11)23(15)12-5-6-12/h7-9,11-12H,2-6,10H2,1H3. The van der Waals surface area contributed by atoms with Crippen LogP contribution in [-0.2, 0) is 12.3 Å². The van der Waals surface area contributed by atoms with Crippen LogP contribution in [0.15, 0.2) is 23.6 Å². The van der Waals surface area contributed by atoms with Gasteiger partial charge in [-0.1, -0.05) is 11.8 Å². The van der Waals surface area contributed by atoms with Crippen molar-refractivity contribution >= 4 is 22.8 Å². The first-order valence-electron chi connectivity index (χ1n) is 8.72. The number of aromatic nitrogens is 6. The van der Waals surface area contributed by atoms with E-state index in [1.165, 1.54) is 31.5 Å². The molecule has 2 aliphatic rings. The number of pyridine rings is 1. The molecule has 0 aromatic carbocycles. The van der Waals surface area contributed by atoms with Gasteiger partial charge in [0.05, 0.1) is 17.5 Å². The molecule has 5 rings (SSSR count). The molecule has 3 aromatic rings. The normalized spacial score (nSPS) is 17.7. The van der Waals surface area contributed by atoms with Crippen molar-refractivity contribution in [3.8, 4) is 0 Å². The topological polar surface area (TPSA) is 61.4 Å². The van der Waals surface area contributed by atoms with Crippen molar-refractivity contribution in [3.05, 3.63) is 30.1 Å². The Morgan fingerprint density at radius 3 is 2.83 bits per heavy atom. The van der Waals surface area contributed by atoms with Crippen LogP contribution in [0, 0.1) is 0 Å². The van der Waals surface area contributed by atoms with Crippen LogP contribution in [0.25, 0.3) is 11.0 Å². The summed E-state index contributed by atoms with van der Waals surface area (Å²) < 4.78 is 4.67. The Labute approximate surface area is 144 Å². The summed E-state index contributed by atoms with van der Waals surface area (Å²) in [6, 6.07) is 2.67. The highest BCUT2D eigenvalue weighted by molar-refractivity contribution is 7.98. The summed E-state index contributed by atoms with van der Waals surface area (Å²) in [5, 5.41) is 10.0. The molecule has 24 heavy (non-hydrogen) atoms. The van der Waals surface area contributed by atoms with Gasteiger partial charge in [-0.25, -0.2) is 4.98 Å². The molecule has 2 saturated carbocycles. The third kappa shape index (κ3) is 2.42. The fourth-order valence-corrected chi connectivity index (χ4v) is 4.29. The fraction of sp³-hybridized carbons (Fsp3) is 0.529. The van der Waals surface area contributed by atoms with Crippen molar-refractivity contribution in [3.63, 3.8) is 0 Å². The number of hydrogen-bond donors (Lipinski definition) is 0. The van der Waals surface area contributed by atoms with Crippen LogP contribution in [0.2, 0.25) is 0 Å². The van der Waals surface area contributed by atoms with Gasteiger partial charge in [-0.15, -0.1) is 10.2 Å². The van der Waals surface area contributed by atoms with Crippen LogP contribution >= 0.6 is 11.8 Å². The first-order chi connectivity index (χ1) is 11.8. The third-order valence-corrected chi connectivity index (χ3v) is 5.78. The minimum Gasteiger partial charge on any atom is -0.319 e. The highest BCUT2D eigenvalue weighted by Crippen LogP contribution is 2.45. The number of nitrogens with zero attached hydrogens (tertiary/aromatic N) is 6. The van der Waals surface area contributed by atoms with Crippen LogP contribution in [0.4, 0.5) is 0 Å². The first-order valence-corrected chi connectivity index (χ1v) is 9.70. The lowest BCUT2D eigenvalue weighted by molar-refractivity contribution is 0.659. The maximum Gasteiger partial charge on any atom is 0.169 e. The number of fused-ring (bicyclic) bond motifs is 1. The Bertz CT molecular complexity index is 890. The van der Waals surface area contributed by atoms with E-state index in [9.17, 15) is 0 Å². The molecule has 7 heteroatoms. The molecule has 3 heterocycles. The van der Waals surface area contributed by atoms with Gasteiger partial charge in [-0.05, 0) is 38.7 Å². The molecular weight excluding hydrogens is 320 g/mol. The van der Waals surface area contributed by atoms with E-state index in [1.54, 1.807) is 11.8 Å². The number of imidazole rings is 1. The van der Waals surface area contributed by atoms with Gasteiger partial charge in [0.1, 0.15) is 17.2 Å². The summed E-state index contributed by atoms with van der Waals surface area (Å²) in [4.78, 5) is 8.93. The molecule has 0 amide bonds. The molecule has 0 spiro atoms. The van der Waals surface area contributed by atoms with Crippen LogP contribution in [0.3, 0.4) is 0 Å². The molecule has 0 atom stereocenters. The van der Waals surface area contributed by atoms with Gasteiger partial charge in [0.2, 0.25) is 0 Å². The summed E-state index contributed by atoms with van der Waals surface area (Å²) in [7, 11) is 0. The molecule has 2 fully saturated rings. The van der Waals surface area contributed by atoms with Gasteiger partial charge in [0.15, 0.2) is 5.16 Å². The zero-order chi connectivity index (χ0) is 16.1. The molecule has 0 bridgehead atoms. The largest absolute Gasteiger partial charge is 0.319 e. The Hall–Kier alpha value is -1.89. The Morgan fingerprint density at radius 2 is 2.08 bits per heavy atom. The molecule has 0 aliphatic heterocycles. The van der Waals surface area contributed by atoms with E-state index in [-0.39, 0.29) is 0 Å². The molecule has 6 nitrogen and oxygen atoms in total. The van der Waals surface area contributed by atoms with Crippen molar-refractivity contribution in [2.24, 2.45) is 0 Å². The summed E-state index contributed by atoms with van der Waals surface area (Å²) in [5.74, 6) is 3.81. The number of rotatable bonds is 6. The Morgan fingerprint density at radius 1 is 1.21 bits per heavy atom. The minimum atomic E-state index is 0.639. The average molecular weight is 340 g/mol. The van der Waals surface area contributed by atoms with E-state index in [0.29, 0.717) is 12.0 Å². The fourth-order valence-electron chi connectivity index (χ4n) is 3.29. The Kier molecular flexibility index (Phi) is 3.36. The number of aryl methyl sites for hydroxylation is 1. The van der Waals surface area contributed by atoms with Crippen LogP contribution in [0.5, 0.6) is 0 Å². The summed E-state index contributed by atoms with van der Waals surface area (Å²) in [5.41, 5.74) is 2.11. The molecule has 3 aromatic heterocycles. The second kappa shape index (κ2) is 5.58. The van der Waals surface area contributed by atoms with Crippen LogP contribution < -0.4 is 0 Å². The predicted molar refractivity (Wildman–Crippen MR) is 93.0 cm³/mol. The van der Waals surface area contributed by atoms with E-state index < -0.39 is 0 Å². The molecule has 0 unspecified atom stereocenters. The SMILES string of the molecule is CCn1c(SCc2nnc(C3CC3)n2C2CC2)nc2cnccc21. The molecule has 0 radical (unpaired) electrons. The zero-order valence-electron chi connectivity index (χ0n) is 13.7. The lowest BCUT2D eigenvalue weighted by Gasteiger charge is -2.09. The Balaban J connectivity index is 1.43. The molecular formula is C17H20N6S. The zero-order valence-corrected chi connectivity index (χ0v) is 14.5. The maximum atomic E-state index is 4.75. The van der Waals surface area contributed by atoms with Crippen molar-refractivity contribution in [1.29, 1.82) is 0 Å². The first kappa shape index (κ1) is 14.5. The van der Waals surface area contributed by atoms with E-state index in [1.807, 2.05) is 18.5 Å². The number of hydrogen-bond acceptors (Lipinski definition) is 5. The average Bonchev–Trinajstić information content (AvgIpc) is 3.54. The van der Waals surface area contributed by atoms with Gasteiger partial charge in [0.25, 0.3) is 0 Å². The van der Waals surface area contributed by atoms with E-state index in [2.05, 4.69) is 31.2 Å². The van der Waals surface area contributed by atoms with Crippen molar-refractivity contribution < 1.29 is 0 Å². The third-order valence-electron chi connectivity index (χ3n) is 4.81. The molecule has 124 valence electrons. The predicted octanol–water partition coefficient (Wildman–Crippen LogP) is 3.55. The number of thioether (sulfide) groups is 1. The van der Waals surface area contributed by atoms with Crippen LogP contribution in [-0.4, -0.2) is 29.3 Å². The molecule has 0 N–H and O–H groups in total. The van der Waals surface area contributed by atoms with E-state index >= 15 is 0 Å². The maximum absolute atomic E-state index is 4.75. The second-order valence-electron chi connectivity index (χ2n) is 6.64. The van der Waals surface area contributed by atoms with E-state index in [0.717, 1.165) is 34.3 Å². The van der Waals surface area contributed by atoms with Crippen LogP contribution in [0.1, 0.15) is 56.2 Å². The highest BCUT2D eigenvalue weighted by atomic mass is 32.2. The molecule has 0 saturated heterocycles. The van der Waals surface area contributed by atoms with Gasteiger partial charge in [-0.2, -0.15) is 0 Å². The van der Waals surface area contributed by atoms with Gasteiger partial charge < -0.3 is 9.13 Å². The lowest BCUT2D eigenvalue weighted by atomic mass is 10.4. The van der Waals surface area contributed by atoms with Gasteiger partial charge in [-0.3, -0.25) is 4.98 Å². The summed E-state index contributed by atoms with van der Waals surface area (Å²) in [6.45, 7) is 3.06. The molecule has 2 aliphatic carbocycles. The van der Waals surface area contributed by atoms with Crippen molar-refractivity contribution in [1.82, 2.24) is 29.3 Å². The van der Waals surface area contributed by atoms with Crippen molar-refractivity contribution in [2.45, 2.75) is 62.0 Å². The monoisotopic (exact) mass is 340 g/mol. The second-order valence-corrected chi connectivity index (χ2v) is 7.58. The lowest BCUT2D eigenvalue weighted by Crippen LogP contribution is -2.05. The van der Waals surface area contributed by atoms with Gasteiger partial charge >= 0.3 is 0 Å². The smallest absolute Gasteiger partial charge is 0.169 e. The quantitative estimate of drug-likeness (QED) is 0.642. The minimum absolute atomic E-state index is 0.639. The summed E-state index contributed by atoms with van der Waals surface area (Å²) in [6.07, 6.45) is 8.76. The van der Waals surface area contributed by atoms with Crippen molar-refractivity contribution in [2.75, 3.05) is 0 Å². The van der Waals surface area contributed by atoms with E-state index in [4.69, 9.17) is 4.98 Å². The van der Waals surface area contributed by atoms with Gasteiger partial charge in [0, 0.05) is 24.7 Å².